The highest BCUT2D eigenvalue weighted by Gasteiger charge is 2.09. The lowest BCUT2D eigenvalue weighted by Crippen LogP contribution is -2.10. The molecule has 2 aromatic rings. The summed E-state index contributed by atoms with van der Waals surface area (Å²) in [6, 6.07) is 3.95. The van der Waals surface area contributed by atoms with Gasteiger partial charge in [-0.1, -0.05) is 0 Å². The van der Waals surface area contributed by atoms with Gasteiger partial charge in [0.1, 0.15) is 4.60 Å². The molecular formula is C10H13BrN4. The lowest BCUT2D eigenvalue weighted by molar-refractivity contribution is 0.775. The number of rotatable bonds is 3. The molecule has 2 rings (SSSR count). The Balaban J connectivity index is 2.45. The summed E-state index contributed by atoms with van der Waals surface area (Å²) >= 11 is 3.53. The van der Waals surface area contributed by atoms with Crippen LogP contribution in [0.1, 0.15) is 11.4 Å². The number of halogens is 1. The summed E-state index contributed by atoms with van der Waals surface area (Å²) in [5.41, 5.74) is 2.92. The molecule has 80 valence electrons. The first-order valence-electron chi connectivity index (χ1n) is 4.87. The monoisotopic (exact) mass is 268 g/mol. The van der Waals surface area contributed by atoms with E-state index in [1.165, 1.54) is 0 Å². The third-order valence-corrected chi connectivity index (χ3v) is 3.03. The first kappa shape index (κ1) is 10.6. The number of aromatic nitrogens is 3. The lowest BCUT2D eigenvalue weighted by atomic mass is 10.3. The van der Waals surface area contributed by atoms with E-state index in [9.17, 15) is 0 Å². The highest BCUT2D eigenvalue weighted by atomic mass is 79.9. The number of likely N-dealkylation sites (N-methyl/N-ethyl adjacent to an activating group) is 1. The van der Waals surface area contributed by atoms with E-state index in [4.69, 9.17) is 0 Å². The summed E-state index contributed by atoms with van der Waals surface area (Å²) in [7, 11) is 1.94. The summed E-state index contributed by atoms with van der Waals surface area (Å²) in [5, 5.41) is 7.50. The number of hydrogen-bond donors (Lipinski definition) is 1. The molecule has 0 aromatic carbocycles. The Morgan fingerprint density at radius 2 is 2.27 bits per heavy atom. The van der Waals surface area contributed by atoms with E-state index in [2.05, 4.69) is 31.3 Å². The molecule has 0 bridgehead atoms. The number of hydrogen-bond acceptors (Lipinski definition) is 3. The Labute approximate surface area is 96.8 Å². The standard InChI is InChI=1S/C10H13BrN4/c1-7-3-4-9-13-8(5-6-12-2)10(11)15(9)14-7/h3-4,12H,5-6H2,1-2H3. The molecule has 0 aliphatic rings. The number of nitrogens with zero attached hydrogens (tertiary/aromatic N) is 3. The first-order valence-corrected chi connectivity index (χ1v) is 5.67. The van der Waals surface area contributed by atoms with Crippen LogP contribution in [0.5, 0.6) is 0 Å². The second kappa shape index (κ2) is 4.28. The number of aryl methyl sites for hydroxylation is 1. The average molecular weight is 269 g/mol. The zero-order valence-corrected chi connectivity index (χ0v) is 10.4. The van der Waals surface area contributed by atoms with Crippen LogP contribution >= 0.6 is 15.9 Å². The Bertz CT molecular complexity index is 477. The first-order chi connectivity index (χ1) is 7.22. The molecule has 0 fully saturated rings. The van der Waals surface area contributed by atoms with Crippen molar-refractivity contribution in [3.8, 4) is 0 Å². The maximum atomic E-state index is 4.50. The zero-order valence-electron chi connectivity index (χ0n) is 8.79. The van der Waals surface area contributed by atoms with E-state index in [0.717, 1.165) is 34.6 Å². The summed E-state index contributed by atoms with van der Waals surface area (Å²) in [6.07, 6.45) is 0.902. The Kier molecular flexibility index (Phi) is 3.02. The highest BCUT2D eigenvalue weighted by molar-refractivity contribution is 9.10. The van der Waals surface area contributed by atoms with Crippen molar-refractivity contribution < 1.29 is 0 Å². The van der Waals surface area contributed by atoms with Crippen LogP contribution in [-0.2, 0) is 6.42 Å². The second-order valence-corrected chi connectivity index (χ2v) is 4.20. The van der Waals surface area contributed by atoms with Gasteiger partial charge < -0.3 is 5.32 Å². The molecule has 5 heteroatoms. The molecule has 0 aliphatic carbocycles. The molecule has 0 unspecified atom stereocenters. The van der Waals surface area contributed by atoms with E-state index >= 15 is 0 Å². The van der Waals surface area contributed by atoms with Crippen LogP contribution in [0.15, 0.2) is 16.7 Å². The van der Waals surface area contributed by atoms with Gasteiger partial charge in [0.2, 0.25) is 0 Å². The summed E-state index contributed by atoms with van der Waals surface area (Å²) in [6.45, 7) is 2.89. The average Bonchev–Trinajstić information content (AvgIpc) is 2.53. The van der Waals surface area contributed by atoms with Crippen molar-refractivity contribution >= 4 is 21.6 Å². The summed E-state index contributed by atoms with van der Waals surface area (Å²) < 4.78 is 2.79. The van der Waals surface area contributed by atoms with E-state index in [-0.39, 0.29) is 0 Å². The van der Waals surface area contributed by atoms with Gasteiger partial charge in [0.25, 0.3) is 0 Å². The molecule has 2 aromatic heterocycles. The van der Waals surface area contributed by atoms with E-state index in [1.54, 1.807) is 0 Å². The van der Waals surface area contributed by atoms with Crippen molar-refractivity contribution in [1.29, 1.82) is 0 Å². The van der Waals surface area contributed by atoms with E-state index in [0.29, 0.717) is 0 Å². The Morgan fingerprint density at radius 1 is 1.47 bits per heavy atom. The van der Waals surface area contributed by atoms with Crippen molar-refractivity contribution in [2.24, 2.45) is 0 Å². The maximum Gasteiger partial charge on any atom is 0.155 e. The van der Waals surface area contributed by atoms with Gasteiger partial charge in [-0.05, 0) is 42.0 Å². The molecule has 0 aliphatic heterocycles. The fourth-order valence-electron chi connectivity index (χ4n) is 1.45. The van der Waals surface area contributed by atoms with Gasteiger partial charge in [-0.3, -0.25) is 0 Å². The molecule has 0 saturated heterocycles. The summed E-state index contributed by atoms with van der Waals surface area (Å²) in [4.78, 5) is 4.50. The predicted molar refractivity (Wildman–Crippen MR) is 63.1 cm³/mol. The van der Waals surface area contributed by atoms with Crippen LogP contribution in [0.4, 0.5) is 0 Å². The highest BCUT2D eigenvalue weighted by Crippen LogP contribution is 2.18. The minimum absolute atomic E-state index is 0.888. The topological polar surface area (TPSA) is 42.2 Å². The SMILES string of the molecule is CNCCc1nc2ccc(C)nn2c1Br. The van der Waals surface area contributed by atoms with Gasteiger partial charge in [0.15, 0.2) is 5.65 Å². The minimum Gasteiger partial charge on any atom is -0.319 e. The molecule has 1 N–H and O–H groups in total. The van der Waals surface area contributed by atoms with Crippen LogP contribution in [-0.4, -0.2) is 28.2 Å². The van der Waals surface area contributed by atoms with Gasteiger partial charge in [-0.15, -0.1) is 0 Å². The second-order valence-electron chi connectivity index (χ2n) is 3.45. The minimum atomic E-state index is 0.888. The van der Waals surface area contributed by atoms with Crippen molar-refractivity contribution in [2.75, 3.05) is 13.6 Å². The fourth-order valence-corrected chi connectivity index (χ4v) is 1.99. The van der Waals surface area contributed by atoms with Crippen LogP contribution in [0.25, 0.3) is 5.65 Å². The number of imidazole rings is 1. The molecule has 2 heterocycles. The molecule has 0 radical (unpaired) electrons. The molecule has 0 saturated carbocycles. The lowest BCUT2D eigenvalue weighted by Gasteiger charge is -1.96. The number of nitrogens with one attached hydrogen (secondary N) is 1. The molecule has 0 amide bonds. The Morgan fingerprint density at radius 3 is 3.00 bits per heavy atom. The fraction of sp³-hybridized carbons (Fsp3) is 0.400. The molecular weight excluding hydrogens is 256 g/mol. The van der Waals surface area contributed by atoms with Crippen molar-refractivity contribution in [1.82, 2.24) is 19.9 Å². The smallest absolute Gasteiger partial charge is 0.155 e. The third-order valence-electron chi connectivity index (χ3n) is 2.23. The molecule has 4 nitrogen and oxygen atoms in total. The van der Waals surface area contributed by atoms with Crippen LogP contribution in [0.3, 0.4) is 0 Å². The van der Waals surface area contributed by atoms with Crippen LogP contribution in [0, 0.1) is 6.92 Å². The molecule has 0 atom stereocenters. The van der Waals surface area contributed by atoms with E-state index in [1.807, 2.05) is 30.6 Å². The van der Waals surface area contributed by atoms with Gasteiger partial charge in [0, 0.05) is 13.0 Å². The third kappa shape index (κ3) is 2.03. The van der Waals surface area contributed by atoms with Crippen molar-refractivity contribution in [2.45, 2.75) is 13.3 Å². The Hall–Kier alpha value is -0.940. The maximum absolute atomic E-state index is 4.50. The van der Waals surface area contributed by atoms with Gasteiger partial charge in [-0.2, -0.15) is 5.10 Å². The van der Waals surface area contributed by atoms with Gasteiger partial charge >= 0.3 is 0 Å². The zero-order chi connectivity index (χ0) is 10.8. The van der Waals surface area contributed by atoms with Gasteiger partial charge in [0.05, 0.1) is 11.4 Å². The summed E-state index contributed by atoms with van der Waals surface area (Å²) in [5.74, 6) is 0. The van der Waals surface area contributed by atoms with Crippen LogP contribution in [0.2, 0.25) is 0 Å². The van der Waals surface area contributed by atoms with Gasteiger partial charge in [-0.25, -0.2) is 9.50 Å². The van der Waals surface area contributed by atoms with Crippen molar-refractivity contribution in [3.63, 3.8) is 0 Å². The van der Waals surface area contributed by atoms with Crippen LogP contribution < -0.4 is 5.32 Å². The molecule has 15 heavy (non-hydrogen) atoms. The predicted octanol–water partition coefficient (Wildman–Crippen LogP) is 1.56. The quantitative estimate of drug-likeness (QED) is 0.919. The normalized spacial score (nSPS) is 11.1. The largest absolute Gasteiger partial charge is 0.319 e. The molecule has 0 spiro atoms. The van der Waals surface area contributed by atoms with E-state index < -0.39 is 0 Å². The van der Waals surface area contributed by atoms with Crippen molar-refractivity contribution in [3.05, 3.63) is 28.1 Å². The number of fused-ring (bicyclic) bond motifs is 1.